The maximum Gasteiger partial charge on any atom is 0.238 e. The first-order valence-electron chi connectivity index (χ1n) is 8.73. The van der Waals surface area contributed by atoms with Gasteiger partial charge in [-0.15, -0.1) is 24.0 Å². The summed E-state index contributed by atoms with van der Waals surface area (Å²) in [4.78, 5) is 4.55. The lowest BCUT2D eigenvalue weighted by Gasteiger charge is -2.11. The second-order valence-corrected chi connectivity index (χ2v) is 7.36. The average molecular weight is 522 g/mol. The van der Waals surface area contributed by atoms with E-state index < -0.39 is 10.0 Å². The van der Waals surface area contributed by atoms with E-state index in [0.717, 1.165) is 24.3 Å². The van der Waals surface area contributed by atoms with Gasteiger partial charge in [0.2, 0.25) is 10.0 Å². The summed E-state index contributed by atoms with van der Waals surface area (Å²) in [6.45, 7) is 4.79. The smallest absolute Gasteiger partial charge is 0.238 e. The molecule has 0 aliphatic carbocycles. The van der Waals surface area contributed by atoms with Gasteiger partial charge in [0.25, 0.3) is 0 Å². The van der Waals surface area contributed by atoms with E-state index in [4.69, 9.17) is 14.3 Å². The molecule has 0 unspecified atom stereocenters. The van der Waals surface area contributed by atoms with Crippen molar-refractivity contribution in [2.45, 2.75) is 31.4 Å². The number of aliphatic imine (C=N–C) groups is 1. The van der Waals surface area contributed by atoms with Gasteiger partial charge in [0.1, 0.15) is 12.4 Å². The van der Waals surface area contributed by atoms with E-state index in [1.54, 1.807) is 12.3 Å². The van der Waals surface area contributed by atoms with E-state index in [-0.39, 0.29) is 28.9 Å². The first-order valence-corrected chi connectivity index (χ1v) is 10.3. The number of benzene rings is 1. The largest absolute Gasteiger partial charge is 0.467 e. The molecule has 0 bridgehead atoms. The molecule has 1 aromatic heterocycles. The summed E-state index contributed by atoms with van der Waals surface area (Å²) in [5.41, 5.74) is 0.764. The molecule has 28 heavy (non-hydrogen) atoms. The Balaban J connectivity index is 0.00000392. The molecule has 10 heteroatoms. The molecule has 0 radical (unpaired) electrons. The Morgan fingerprint density at radius 3 is 2.75 bits per heavy atom. The molecular formula is C18H27IN4O4S. The van der Waals surface area contributed by atoms with Gasteiger partial charge in [-0.25, -0.2) is 18.5 Å². The zero-order chi connectivity index (χ0) is 19.5. The van der Waals surface area contributed by atoms with Gasteiger partial charge in [0.05, 0.1) is 17.7 Å². The molecule has 0 fully saturated rings. The maximum atomic E-state index is 11.4. The molecule has 0 saturated carbocycles. The lowest BCUT2D eigenvalue weighted by Crippen LogP contribution is -2.38. The second kappa shape index (κ2) is 12.8. The van der Waals surface area contributed by atoms with Crippen LogP contribution in [0.2, 0.25) is 0 Å². The number of ether oxygens (including phenoxy) is 1. The fraction of sp³-hybridized carbons (Fsp3) is 0.389. The average Bonchev–Trinajstić information content (AvgIpc) is 3.15. The molecule has 0 amide bonds. The fourth-order valence-electron chi connectivity index (χ4n) is 2.28. The Morgan fingerprint density at radius 1 is 1.25 bits per heavy atom. The van der Waals surface area contributed by atoms with E-state index in [2.05, 4.69) is 15.6 Å². The van der Waals surface area contributed by atoms with Crippen molar-refractivity contribution in [2.75, 3.05) is 19.7 Å². The Morgan fingerprint density at radius 2 is 2.07 bits per heavy atom. The van der Waals surface area contributed by atoms with Gasteiger partial charge >= 0.3 is 0 Å². The van der Waals surface area contributed by atoms with Gasteiger partial charge in [0, 0.05) is 19.7 Å². The van der Waals surface area contributed by atoms with Crippen molar-refractivity contribution in [1.82, 2.24) is 10.6 Å². The monoisotopic (exact) mass is 522 g/mol. The highest BCUT2D eigenvalue weighted by Gasteiger charge is 2.07. The zero-order valence-corrected chi connectivity index (χ0v) is 18.9. The number of sulfonamides is 1. The van der Waals surface area contributed by atoms with Gasteiger partial charge in [-0.05, 0) is 43.2 Å². The Kier molecular flexibility index (Phi) is 11.1. The first-order chi connectivity index (χ1) is 13.0. The summed E-state index contributed by atoms with van der Waals surface area (Å²) in [5.74, 6) is 1.46. The molecule has 8 nitrogen and oxygen atoms in total. The highest BCUT2D eigenvalue weighted by atomic mass is 127. The predicted molar refractivity (Wildman–Crippen MR) is 119 cm³/mol. The number of nitrogens with one attached hydrogen (secondary N) is 2. The van der Waals surface area contributed by atoms with Crippen LogP contribution in [-0.2, 0) is 27.9 Å². The number of hydrogen-bond acceptors (Lipinski definition) is 5. The molecule has 1 aromatic carbocycles. The summed E-state index contributed by atoms with van der Waals surface area (Å²) in [6.07, 6.45) is 2.43. The summed E-state index contributed by atoms with van der Waals surface area (Å²) < 4.78 is 33.6. The molecular weight excluding hydrogens is 495 g/mol. The van der Waals surface area contributed by atoms with Crippen molar-refractivity contribution >= 4 is 40.0 Å². The Hall–Kier alpha value is -1.63. The normalized spacial score (nSPS) is 11.7. The van der Waals surface area contributed by atoms with Crippen LogP contribution in [0.25, 0.3) is 0 Å². The van der Waals surface area contributed by atoms with Crippen LogP contribution in [0.15, 0.2) is 57.0 Å². The van der Waals surface area contributed by atoms with Crippen LogP contribution >= 0.6 is 24.0 Å². The highest BCUT2D eigenvalue weighted by molar-refractivity contribution is 14.0. The predicted octanol–water partition coefficient (Wildman–Crippen LogP) is 2.21. The second-order valence-electron chi connectivity index (χ2n) is 5.80. The summed E-state index contributed by atoms with van der Waals surface area (Å²) in [5, 5.41) is 11.5. The van der Waals surface area contributed by atoms with Crippen LogP contribution in [-0.4, -0.2) is 34.1 Å². The molecule has 0 aliphatic rings. The van der Waals surface area contributed by atoms with Gasteiger partial charge in [-0.1, -0.05) is 12.1 Å². The SMILES string of the molecule is CCNC(=NCc1cccc(S(N)(=O)=O)c1)NCCCOCc1ccco1.I. The van der Waals surface area contributed by atoms with Crippen LogP contribution in [0, 0.1) is 0 Å². The molecule has 0 atom stereocenters. The van der Waals surface area contributed by atoms with Gasteiger partial charge in [-0.3, -0.25) is 0 Å². The van der Waals surface area contributed by atoms with Gasteiger partial charge in [0.15, 0.2) is 5.96 Å². The Labute approximate surface area is 183 Å². The molecule has 4 N–H and O–H groups in total. The number of hydrogen-bond donors (Lipinski definition) is 3. The number of nitrogens with zero attached hydrogens (tertiary/aromatic N) is 1. The lowest BCUT2D eigenvalue weighted by molar-refractivity contribution is 0.105. The van der Waals surface area contributed by atoms with E-state index in [9.17, 15) is 8.42 Å². The number of guanidine groups is 1. The van der Waals surface area contributed by atoms with Crippen molar-refractivity contribution in [3.05, 3.63) is 54.0 Å². The number of rotatable bonds is 10. The number of primary sulfonamides is 1. The molecule has 2 rings (SSSR count). The molecule has 1 heterocycles. The van der Waals surface area contributed by atoms with Crippen molar-refractivity contribution in [2.24, 2.45) is 10.1 Å². The Bertz CT molecular complexity index is 826. The van der Waals surface area contributed by atoms with Crippen LogP contribution in [0.1, 0.15) is 24.7 Å². The van der Waals surface area contributed by atoms with E-state index in [1.165, 1.54) is 12.1 Å². The topological polar surface area (TPSA) is 119 Å². The summed E-state index contributed by atoms with van der Waals surface area (Å²) in [6, 6.07) is 10.2. The summed E-state index contributed by atoms with van der Waals surface area (Å²) >= 11 is 0. The van der Waals surface area contributed by atoms with Crippen molar-refractivity contribution < 1.29 is 17.6 Å². The van der Waals surface area contributed by atoms with Crippen LogP contribution < -0.4 is 15.8 Å². The minimum Gasteiger partial charge on any atom is -0.467 e. The molecule has 0 aliphatic heterocycles. The fourth-order valence-corrected chi connectivity index (χ4v) is 2.87. The van der Waals surface area contributed by atoms with E-state index >= 15 is 0 Å². The van der Waals surface area contributed by atoms with Gasteiger partial charge in [-0.2, -0.15) is 0 Å². The van der Waals surface area contributed by atoms with E-state index in [1.807, 2.05) is 25.1 Å². The third-order valence-electron chi connectivity index (χ3n) is 3.57. The lowest BCUT2D eigenvalue weighted by atomic mass is 10.2. The third-order valence-corrected chi connectivity index (χ3v) is 4.48. The van der Waals surface area contributed by atoms with Gasteiger partial charge < -0.3 is 19.8 Å². The van der Waals surface area contributed by atoms with E-state index in [0.29, 0.717) is 32.3 Å². The minimum atomic E-state index is -3.71. The van der Waals surface area contributed by atoms with Crippen molar-refractivity contribution in [1.29, 1.82) is 0 Å². The maximum absolute atomic E-state index is 11.4. The number of nitrogens with two attached hydrogens (primary N) is 1. The molecule has 0 spiro atoms. The molecule has 0 saturated heterocycles. The van der Waals surface area contributed by atoms with Crippen LogP contribution in [0.4, 0.5) is 0 Å². The zero-order valence-electron chi connectivity index (χ0n) is 15.8. The summed E-state index contributed by atoms with van der Waals surface area (Å²) in [7, 11) is -3.71. The molecule has 156 valence electrons. The quantitative estimate of drug-likeness (QED) is 0.191. The van der Waals surface area contributed by atoms with Crippen LogP contribution in [0.3, 0.4) is 0 Å². The standard InChI is InChI=1S/C18H26N4O4S.HI/c1-2-20-18(21-9-5-10-25-14-16-7-4-11-26-16)22-13-15-6-3-8-17(12-15)27(19,23)24;/h3-4,6-8,11-12H,2,5,9-10,13-14H2,1H3,(H2,19,23,24)(H2,20,21,22);1H. The van der Waals surface area contributed by atoms with Crippen molar-refractivity contribution in [3.63, 3.8) is 0 Å². The number of halogens is 1. The highest BCUT2D eigenvalue weighted by Crippen LogP contribution is 2.10. The molecule has 2 aromatic rings. The van der Waals surface area contributed by atoms with Crippen LogP contribution in [0.5, 0.6) is 0 Å². The minimum absolute atomic E-state index is 0. The first kappa shape index (κ1) is 24.4. The third kappa shape index (κ3) is 9.04. The number of furan rings is 1. The van der Waals surface area contributed by atoms with Crippen molar-refractivity contribution in [3.8, 4) is 0 Å².